The molecule has 0 aliphatic carbocycles. The second-order valence-electron chi connectivity index (χ2n) is 2.39. The predicted octanol–water partition coefficient (Wildman–Crippen LogP) is -1.21. The minimum Gasteiger partial charge on any atom is -0.370 e. The lowest BCUT2D eigenvalue weighted by Crippen LogP contribution is -2.37. The molecule has 0 heterocycles. The molecule has 0 aromatic heterocycles. The number of hydrazine groups is 1. The Kier molecular flexibility index (Phi) is 5.48. The Labute approximate surface area is 76.2 Å². The van der Waals surface area contributed by atoms with Gasteiger partial charge in [0.1, 0.15) is 0 Å². The lowest BCUT2D eigenvalue weighted by atomic mass is 10.0. The summed E-state index contributed by atoms with van der Waals surface area (Å²) in [6.45, 7) is 0. The fourth-order valence-corrected chi connectivity index (χ4v) is 1.15. The van der Waals surface area contributed by atoms with Gasteiger partial charge in [0.2, 0.25) is 11.8 Å². The average Bonchev–Trinajstić information content (AvgIpc) is 2.01. The average molecular weight is 191 g/mol. The molecule has 2 amide bonds. The van der Waals surface area contributed by atoms with Gasteiger partial charge in [-0.25, -0.2) is 5.84 Å². The Bertz CT molecular complexity index is 174. The number of rotatable bonds is 5. The third-order valence-electron chi connectivity index (χ3n) is 1.44. The number of hydrogen-bond donors (Lipinski definition) is 4. The fraction of sp³-hybridized carbons (Fsp3) is 0.667. The molecule has 5 nitrogen and oxygen atoms in total. The van der Waals surface area contributed by atoms with Crippen LogP contribution in [0.2, 0.25) is 0 Å². The van der Waals surface area contributed by atoms with Crippen LogP contribution in [0.5, 0.6) is 0 Å². The predicted molar refractivity (Wildman–Crippen MR) is 48.1 cm³/mol. The van der Waals surface area contributed by atoms with Crippen LogP contribution in [0.1, 0.15) is 12.8 Å². The van der Waals surface area contributed by atoms with Crippen LogP contribution in [-0.4, -0.2) is 17.6 Å². The molecular weight excluding hydrogens is 178 g/mol. The summed E-state index contributed by atoms with van der Waals surface area (Å²) in [5.41, 5.74) is 6.91. The first kappa shape index (κ1) is 11.2. The quantitative estimate of drug-likeness (QED) is 0.190. The van der Waals surface area contributed by atoms with Gasteiger partial charge in [-0.3, -0.25) is 15.0 Å². The molecule has 0 spiro atoms. The van der Waals surface area contributed by atoms with Gasteiger partial charge in [0.25, 0.3) is 0 Å². The molecule has 1 unspecified atom stereocenters. The zero-order valence-corrected chi connectivity index (χ0v) is 7.51. The van der Waals surface area contributed by atoms with Crippen LogP contribution in [-0.2, 0) is 9.59 Å². The molecule has 0 aliphatic heterocycles. The van der Waals surface area contributed by atoms with Crippen LogP contribution in [0.4, 0.5) is 0 Å². The van der Waals surface area contributed by atoms with Gasteiger partial charge in [-0.15, -0.1) is 0 Å². The van der Waals surface area contributed by atoms with E-state index in [0.29, 0.717) is 12.2 Å². The highest BCUT2D eigenvalue weighted by Gasteiger charge is 2.18. The van der Waals surface area contributed by atoms with Crippen molar-refractivity contribution in [1.29, 1.82) is 0 Å². The van der Waals surface area contributed by atoms with E-state index < -0.39 is 11.8 Å². The zero-order valence-electron chi connectivity index (χ0n) is 6.62. The van der Waals surface area contributed by atoms with E-state index in [4.69, 9.17) is 11.6 Å². The van der Waals surface area contributed by atoms with Gasteiger partial charge in [-0.1, -0.05) is 0 Å². The molecule has 0 fully saturated rings. The molecule has 0 radical (unpaired) electrons. The normalized spacial score (nSPS) is 12.2. The number of nitrogens with two attached hydrogens (primary N) is 2. The second kappa shape index (κ2) is 5.84. The molecular formula is C6H13N3O2S. The molecule has 0 saturated carbocycles. The van der Waals surface area contributed by atoms with Crippen molar-refractivity contribution in [3.63, 3.8) is 0 Å². The van der Waals surface area contributed by atoms with E-state index in [-0.39, 0.29) is 12.3 Å². The topological polar surface area (TPSA) is 98.2 Å². The van der Waals surface area contributed by atoms with Gasteiger partial charge in [-0.05, 0) is 12.2 Å². The van der Waals surface area contributed by atoms with E-state index >= 15 is 0 Å². The van der Waals surface area contributed by atoms with E-state index in [2.05, 4.69) is 12.6 Å². The highest BCUT2D eigenvalue weighted by atomic mass is 32.1. The summed E-state index contributed by atoms with van der Waals surface area (Å²) in [6, 6.07) is 0. The van der Waals surface area contributed by atoms with Crippen molar-refractivity contribution in [1.82, 2.24) is 5.43 Å². The van der Waals surface area contributed by atoms with E-state index in [1.807, 2.05) is 5.43 Å². The van der Waals surface area contributed by atoms with Crippen LogP contribution in [0.3, 0.4) is 0 Å². The lowest BCUT2D eigenvalue weighted by molar-refractivity contribution is -0.129. The molecule has 70 valence electrons. The summed E-state index contributed by atoms with van der Waals surface area (Å²) in [4.78, 5) is 21.4. The molecule has 0 rings (SSSR count). The number of hydrogen-bond acceptors (Lipinski definition) is 4. The minimum atomic E-state index is -0.509. The van der Waals surface area contributed by atoms with E-state index in [0.717, 1.165) is 0 Å². The Morgan fingerprint density at radius 3 is 2.42 bits per heavy atom. The van der Waals surface area contributed by atoms with Crippen LogP contribution < -0.4 is 17.0 Å². The summed E-state index contributed by atoms with van der Waals surface area (Å²) in [6.07, 6.45) is 0.513. The van der Waals surface area contributed by atoms with Gasteiger partial charge in [0, 0.05) is 12.3 Å². The van der Waals surface area contributed by atoms with Crippen molar-refractivity contribution in [2.45, 2.75) is 12.8 Å². The first-order chi connectivity index (χ1) is 5.61. The lowest BCUT2D eigenvalue weighted by Gasteiger charge is -2.10. The standard InChI is InChI=1S/C6H13N3O2S/c7-5(10)3-4(1-2-12)6(11)9-8/h4,12H,1-3,8H2,(H2,7,10)(H,9,11). The molecule has 0 aromatic carbocycles. The fourth-order valence-electron chi connectivity index (χ4n) is 0.842. The maximum atomic E-state index is 11.0. The van der Waals surface area contributed by atoms with Crippen LogP contribution in [0, 0.1) is 5.92 Å². The molecule has 0 bridgehead atoms. The monoisotopic (exact) mass is 191 g/mol. The third-order valence-corrected chi connectivity index (χ3v) is 1.70. The summed E-state index contributed by atoms with van der Waals surface area (Å²) in [5.74, 6) is 4.09. The van der Waals surface area contributed by atoms with Gasteiger partial charge in [0.15, 0.2) is 0 Å². The molecule has 0 saturated heterocycles. The number of primary amides is 1. The molecule has 5 N–H and O–H groups in total. The minimum absolute atomic E-state index is 0.0175. The molecule has 1 atom stereocenters. The maximum Gasteiger partial charge on any atom is 0.237 e. The van der Waals surface area contributed by atoms with Gasteiger partial charge < -0.3 is 5.73 Å². The van der Waals surface area contributed by atoms with Crippen molar-refractivity contribution < 1.29 is 9.59 Å². The summed E-state index contributed by atoms with van der Waals surface area (Å²) >= 11 is 3.94. The van der Waals surface area contributed by atoms with E-state index in [1.54, 1.807) is 0 Å². The Hall–Kier alpha value is -0.750. The van der Waals surface area contributed by atoms with Gasteiger partial charge in [-0.2, -0.15) is 12.6 Å². The highest BCUT2D eigenvalue weighted by molar-refractivity contribution is 7.80. The first-order valence-electron chi connectivity index (χ1n) is 3.51. The smallest absolute Gasteiger partial charge is 0.237 e. The number of thiol groups is 1. The third kappa shape index (κ3) is 4.20. The van der Waals surface area contributed by atoms with Crippen LogP contribution >= 0.6 is 12.6 Å². The number of carbonyl (C=O) groups is 2. The summed E-state index contributed by atoms with van der Waals surface area (Å²) in [5, 5.41) is 0. The molecule has 6 heteroatoms. The zero-order chi connectivity index (χ0) is 9.56. The van der Waals surface area contributed by atoms with Crippen LogP contribution in [0.15, 0.2) is 0 Å². The maximum absolute atomic E-state index is 11.0. The Balaban J connectivity index is 4.02. The van der Waals surface area contributed by atoms with Crippen molar-refractivity contribution in [2.75, 3.05) is 5.75 Å². The van der Waals surface area contributed by atoms with Crippen molar-refractivity contribution in [3.05, 3.63) is 0 Å². The Morgan fingerprint density at radius 2 is 2.08 bits per heavy atom. The van der Waals surface area contributed by atoms with Gasteiger partial charge in [0.05, 0.1) is 0 Å². The van der Waals surface area contributed by atoms with Crippen molar-refractivity contribution >= 4 is 24.4 Å². The largest absolute Gasteiger partial charge is 0.370 e. The van der Waals surface area contributed by atoms with Crippen molar-refractivity contribution in [3.8, 4) is 0 Å². The van der Waals surface area contributed by atoms with E-state index in [1.165, 1.54) is 0 Å². The number of carbonyl (C=O) groups excluding carboxylic acids is 2. The van der Waals surface area contributed by atoms with Crippen LogP contribution in [0.25, 0.3) is 0 Å². The first-order valence-corrected chi connectivity index (χ1v) is 4.14. The van der Waals surface area contributed by atoms with Crippen molar-refractivity contribution in [2.24, 2.45) is 17.5 Å². The van der Waals surface area contributed by atoms with Gasteiger partial charge >= 0.3 is 0 Å². The van der Waals surface area contributed by atoms with E-state index in [9.17, 15) is 9.59 Å². The highest BCUT2D eigenvalue weighted by Crippen LogP contribution is 2.08. The molecule has 0 aliphatic rings. The SMILES string of the molecule is NNC(=O)C(CCS)CC(N)=O. The second-order valence-corrected chi connectivity index (χ2v) is 2.84. The summed E-state index contributed by atoms with van der Waals surface area (Å²) in [7, 11) is 0. The molecule has 0 aromatic rings. The Morgan fingerprint density at radius 1 is 1.50 bits per heavy atom. The number of nitrogens with one attached hydrogen (secondary N) is 1. The summed E-state index contributed by atoms with van der Waals surface area (Å²) < 4.78 is 0. The molecule has 12 heavy (non-hydrogen) atoms. The number of amides is 2.